The highest BCUT2D eigenvalue weighted by molar-refractivity contribution is 6.34. The van der Waals surface area contributed by atoms with Crippen LogP contribution in [-0.4, -0.2) is 47.8 Å². The summed E-state index contributed by atoms with van der Waals surface area (Å²) in [6.45, 7) is 5.06. The van der Waals surface area contributed by atoms with Crippen LogP contribution in [0.5, 0.6) is 0 Å². The van der Waals surface area contributed by atoms with Crippen LogP contribution in [0, 0.1) is 18.3 Å². The number of rotatable bonds is 3. The molecule has 2 saturated heterocycles. The Hall–Kier alpha value is -1.55. The van der Waals surface area contributed by atoms with Crippen molar-refractivity contribution >= 4 is 23.4 Å². The Morgan fingerprint density at radius 1 is 1.15 bits per heavy atom. The predicted molar refractivity (Wildman–Crippen MR) is 102 cm³/mol. The van der Waals surface area contributed by atoms with Gasteiger partial charge in [-0.15, -0.1) is 0 Å². The third-order valence-corrected chi connectivity index (χ3v) is 6.97. The Morgan fingerprint density at radius 3 is 2.58 bits per heavy atom. The number of halogens is 1. The molecular formula is C21H27ClN2O2. The SMILES string of the molecule is Cc1cccc(C(=O)N2CCCC3(CN(C(=O)CC4CCC4)C3)C2)c1Cl. The number of carbonyl (C=O) groups is 2. The lowest BCUT2D eigenvalue weighted by atomic mass is 9.72. The number of amides is 2. The van der Waals surface area contributed by atoms with Crippen molar-refractivity contribution in [3.05, 3.63) is 34.3 Å². The Kier molecular flexibility index (Phi) is 4.72. The van der Waals surface area contributed by atoms with Gasteiger partial charge in [-0.25, -0.2) is 0 Å². The maximum atomic E-state index is 13.0. The average molecular weight is 375 g/mol. The number of benzene rings is 1. The minimum absolute atomic E-state index is 0.0250. The lowest BCUT2D eigenvalue weighted by molar-refractivity contribution is -0.148. The number of hydrogen-bond acceptors (Lipinski definition) is 2. The second-order valence-corrected chi connectivity index (χ2v) is 8.90. The largest absolute Gasteiger partial charge is 0.341 e. The van der Waals surface area contributed by atoms with E-state index >= 15 is 0 Å². The van der Waals surface area contributed by atoms with E-state index in [0.717, 1.165) is 51.0 Å². The van der Waals surface area contributed by atoms with E-state index < -0.39 is 0 Å². The summed E-state index contributed by atoms with van der Waals surface area (Å²) >= 11 is 6.36. The highest BCUT2D eigenvalue weighted by Gasteiger charge is 2.48. The second kappa shape index (κ2) is 6.88. The average Bonchev–Trinajstić information content (AvgIpc) is 2.57. The van der Waals surface area contributed by atoms with Gasteiger partial charge in [0.05, 0.1) is 10.6 Å². The topological polar surface area (TPSA) is 40.6 Å². The molecule has 4 nitrogen and oxygen atoms in total. The first-order valence-corrected chi connectivity index (χ1v) is 10.2. The van der Waals surface area contributed by atoms with E-state index in [9.17, 15) is 9.59 Å². The molecule has 26 heavy (non-hydrogen) atoms. The summed E-state index contributed by atoms with van der Waals surface area (Å²) in [5.74, 6) is 0.953. The smallest absolute Gasteiger partial charge is 0.255 e. The van der Waals surface area contributed by atoms with E-state index in [4.69, 9.17) is 11.6 Å². The van der Waals surface area contributed by atoms with Gasteiger partial charge in [-0.3, -0.25) is 9.59 Å². The van der Waals surface area contributed by atoms with Crippen LogP contribution >= 0.6 is 11.6 Å². The normalized spacial score (nSPS) is 22.1. The molecule has 0 unspecified atom stereocenters. The molecule has 1 aromatic rings. The molecule has 0 atom stereocenters. The first kappa shape index (κ1) is 17.8. The highest BCUT2D eigenvalue weighted by Crippen LogP contribution is 2.41. The summed E-state index contributed by atoms with van der Waals surface area (Å²) in [5, 5.41) is 0.558. The molecule has 140 valence electrons. The van der Waals surface area contributed by atoms with Crippen molar-refractivity contribution in [1.82, 2.24) is 9.80 Å². The Bertz CT molecular complexity index is 723. The Morgan fingerprint density at radius 2 is 1.88 bits per heavy atom. The van der Waals surface area contributed by atoms with Gasteiger partial charge in [-0.2, -0.15) is 0 Å². The van der Waals surface area contributed by atoms with Gasteiger partial charge in [-0.1, -0.05) is 30.2 Å². The van der Waals surface area contributed by atoms with Crippen LogP contribution in [0.3, 0.4) is 0 Å². The van der Waals surface area contributed by atoms with E-state index in [0.29, 0.717) is 22.4 Å². The van der Waals surface area contributed by atoms with Gasteiger partial charge in [0.25, 0.3) is 5.91 Å². The fourth-order valence-electron chi connectivity index (χ4n) is 4.64. The minimum atomic E-state index is 0.0250. The van der Waals surface area contributed by atoms with E-state index in [2.05, 4.69) is 0 Å². The van der Waals surface area contributed by atoms with E-state index in [-0.39, 0.29) is 11.3 Å². The fraction of sp³-hybridized carbons (Fsp3) is 0.619. The van der Waals surface area contributed by atoms with Crippen molar-refractivity contribution in [2.45, 2.75) is 45.4 Å². The third kappa shape index (κ3) is 3.24. The predicted octanol–water partition coefficient (Wildman–Crippen LogP) is 3.90. The molecule has 5 heteroatoms. The summed E-state index contributed by atoms with van der Waals surface area (Å²) in [6, 6.07) is 5.63. The van der Waals surface area contributed by atoms with Crippen LogP contribution in [0.25, 0.3) is 0 Å². The van der Waals surface area contributed by atoms with Gasteiger partial charge in [0.2, 0.25) is 5.91 Å². The molecule has 0 aromatic heterocycles. The molecule has 1 aromatic carbocycles. The molecule has 0 N–H and O–H groups in total. The Labute approximate surface area is 160 Å². The summed E-state index contributed by atoms with van der Waals surface area (Å²) in [5.41, 5.74) is 1.63. The quantitative estimate of drug-likeness (QED) is 0.804. The third-order valence-electron chi connectivity index (χ3n) is 6.46. The van der Waals surface area contributed by atoms with Crippen LogP contribution in [-0.2, 0) is 4.79 Å². The zero-order chi connectivity index (χ0) is 18.3. The zero-order valence-corrected chi connectivity index (χ0v) is 16.2. The number of hydrogen-bond donors (Lipinski definition) is 0. The molecule has 1 saturated carbocycles. The van der Waals surface area contributed by atoms with E-state index in [1.807, 2.05) is 34.9 Å². The molecule has 4 rings (SSSR count). The molecule has 3 aliphatic rings. The number of nitrogens with zero attached hydrogens (tertiary/aromatic N) is 2. The molecule has 2 aliphatic heterocycles. The lowest BCUT2D eigenvalue weighted by Crippen LogP contribution is -2.65. The fourth-order valence-corrected chi connectivity index (χ4v) is 4.84. The first-order valence-electron chi connectivity index (χ1n) is 9.80. The van der Waals surface area contributed by atoms with Crippen LogP contribution < -0.4 is 0 Å². The maximum Gasteiger partial charge on any atom is 0.255 e. The van der Waals surface area contributed by atoms with Crippen molar-refractivity contribution in [3.63, 3.8) is 0 Å². The van der Waals surface area contributed by atoms with Crippen molar-refractivity contribution in [1.29, 1.82) is 0 Å². The van der Waals surface area contributed by atoms with Crippen molar-refractivity contribution < 1.29 is 9.59 Å². The van der Waals surface area contributed by atoms with Gasteiger partial charge < -0.3 is 9.80 Å². The van der Waals surface area contributed by atoms with E-state index in [1.54, 1.807) is 0 Å². The van der Waals surface area contributed by atoms with Crippen molar-refractivity contribution in [2.75, 3.05) is 26.2 Å². The summed E-state index contributed by atoms with van der Waals surface area (Å²) in [6.07, 6.45) is 6.53. The van der Waals surface area contributed by atoms with Gasteiger partial charge >= 0.3 is 0 Å². The summed E-state index contributed by atoms with van der Waals surface area (Å²) in [4.78, 5) is 29.3. The lowest BCUT2D eigenvalue weighted by Gasteiger charge is -2.55. The van der Waals surface area contributed by atoms with Crippen LogP contribution in [0.1, 0.15) is 54.4 Å². The van der Waals surface area contributed by atoms with Crippen LogP contribution in [0.4, 0.5) is 0 Å². The molecule has 2 heterocycles. The molecule has 2 amide bonds. The number of aryl methyl sites for hydroxylation is 1. The van der Waals surface area contributed by atoms with Gasteiger partial charge in [0.15, 0.2) is 0 Å². The number of carbonyl (C=O) groups excluding carboxylic acids is 2. The molecule has 0 radical (unpaired) electrons. The summed E-state index contributed by atoms with van der Waals surface area (Å²) in [7, 11) is 0. The minimum Gasteiger partial charge on any atom is -0.341 e. The van der Waals surface area contributed by atoms with Gasteiger partial charge in [0, 0.05) is 38.0 Å². The van der Waals surface area contributed by atoms with Crippen molar-refractivity contribution in [2.24, 2.45) is 11.3 Å². The number of likely N-dealkylation sites (tertiary alicyclic amines) is 2. The molecule has 3 fully saturated rings. The molecule has 1 aliphatic carbocycles. The van der Waals surface area contributed by atoms with E-state index in [1.165, 1.54) is 19.3 Å². The maximum absolute atomic E-state index is 13.0. The Balaban J connectivity index is 1.38. The monoisotopic (exact) mass is 374 g/mol. The number of piperidine rings is 1. The van der Waals surface area contributed by atoms with Crippen LogP contribution in [0.15, 0.2) is 18.2 Å². The summed E-state index contributed by atoms with van der Waals surface area (Å²) < 4.78 is 0. The first-order chi connectivity index (χ1) is 12.5. The van der Waals surface area contributed by atoms with Crippen LogP contribution in [0.2, 0.25) is 5.02 Å². The molecule has 0 bridgehead atoms. The molecular weight excluding hydrogens is 348 g/mol. The highest BCUT2D eigenvalue weighted by atomic mass is 35.5. The molecule has 1 spiro atoms. The second-order valence-electron chi connectivity index (χ2n) is 8.52. The van der Waals surface area contributed by atoms with Crippen molar-refractivity contribution in [3.8, 4) is 0 Å². The van der Waals surface area contributed by atoms with Gasteiger partial charge in [0.1, 0.15) is 0 Å². The zero-order valence-electron chi connectivity index (χ0n) is 15.5. The van der Waals surface area contributed by atoms with Gasteiger partial charge in [-0.05, 0) is 50.2 Å². The standard InChI is InChI=1S/C21H27ClN2O2/c1-15-5-2-8-17(19(15)22)20(26)23-10-4-9-21(12-23)13-24(14-21)18(25)11-16-6-3-7-16/h2,5,8,16H,3-4,6-7,9-14H2,1H3.